The lowest BCUT2D eigenvalue weighted by atomic mass is 10.0. The van der Waals surface area contributed by atoms with Crippen LogP contribution in [-0.2, 0) is 4.79 Å². The Labute approximate surface area is 108 Å². The fourth-order valence-corrected chi connectivity index (χ4v) is 2.30. The number of ketones is 1. The third kappa shape index (κ3) is 3.44. The summed E-state index contributed by atoms with van der Waals surface area (Å²) in [6.07, 6.45) is 10.8. The molecule has 96 valence electrons. The van der Waals surface area contributed by atoms with Crippen molar-refractivity contribution in [2.45, 2.75) is 19.3 Å². The molecular weight excluding hydrogens is 226 g/mol. The molecule has 0 bridgehead atoms. The quantitative estimate of drug-likeness (QED) is 0.701. The first-order valence-electron chi connectivity index (χ1n) is 6.56. The van der Waals surface area contributed by atoms with Crippen molar-refractivity contribution in [1.29, 1.82) is 5.26 Å². The molecule has 0 atom stereocenters. The minimum atomic E-state index is 0.244. The van der Waals surface area contributed by atoms with Crippen molar-refractivity contribution in [3.8, 4) is 6.19 Å². The third-order valence-corrected chi connectivity index (χ3v) is 3.49. The number of piperazine rings is 1. The molecule has 0 amide bonds. The molecule has 0 aromatic rings. The Kier molecular flexibility index (Phi) is 4.54. The maximum absolute atomic E-state index is 12.0. The molecule has 4 nitrogen and oxygen atoms in total. The molecule has 0 saturated carbocycles. The van der Waals surface area contributed by atoms with Crippen LogP contribution >= 0.6 is 0 Å². The summed E-state index contributed by atoms with van der Waals surface area (Å²) in [5.74, 6) is 0.244. The average Bonchev–Trinajstić information content (AvgIpc) is 2.46. The number of carbonyl (C=O) groups excluding carboxylic acids is 1. The van der Waals surface area contributed by atoms with Crippen LogP contribution in [0.1, 0.15) is 19.3 Å². The third-order valence-electron chi connectivity index (χ3n) is 3.49. The van der Waals surface area contributed by atoms with E-state index in [0.29, 0.717) is 6.42 Å². The van der Waals surface area contributed by atoms with Gasteiger partial charge in [0.15, 0.2) is 12.0 Å². The van der Waals surface area contributed by atoms with Gasteiger partial charge in [0, 0.05) is 44.7 Å². The lowest BCUT2D eigenvalue weighted by molar-refractivity contribution is -0.115. The number of nitriles is 1. The van der Waals surface area contributed by atoms with E-state index >= 15 is 0 Å². The SMILES string of the molecule is N#CN1CCN(CCC(=O)C2=CCCC=C2)CC1. The molecule has 1 fully saturated rings. The Morgan fingerprint density at radius 2 is 2.06 bits per heavy atom. The Balaban J connectivity index is 1.72. The van der Waals surface area contributed by atoms with Gasteiger partial charge in [-0.3, -0.25) is 9.69 Å². The minimum Gasteiger partial charge on any atom is -0.308 e. The molecule has 1 aliphatic heterocycles. The first kappa shape index (κ1) is 12.8. The van der Waals surface area contributed by atoms with E-state index in [1.54, 1.807) is 4.90 Å². The van der Waals surface area contributed by atoms with Crippen LogP contribution in [0.2, 0.25) is 0 Å². The predicted molar refractivity (Wildman–Crippen MR) is 69.7 cm³/mol. The van der Waals surface area contributed by atoms with Crippen LogP contribution in [0.4, 0.5) is 0 Å². The van der Waals surface area contributed by atoms with Crippen molar-refractivity contribution < 1.29 is 4.79 Å². The van der Waals surface area contributed by atoms with Crippen molar-refractivity contribution in [2.75, 3.05) is 32.7 Å². The van der Waals surface area contributed by atoms with Crippen molar-refractivity contribution >= 4 is 5.78 Å². The number of Topliss-reactive ketones (excluding diaryl/α,β-unsaturated/α-hetero) is 1. The molecule has 0 spiro atoms. The van der Waals surface area contributed by atoms with Crippen LogP contribution < -0.4 is 0 Å². The molecular formula is C14H19N3O. The molecule has 0 N–H and O–H groups in total. The number of nitrogens with zero attached hydrogens (tertiary/aromatic N) is 3. The van der Waals surface area contributed by atoms with Crippen LogP contribution in [0.25, 0.3) is 0 Å². The number of carbonyl (C=O) groups is 1. The summed E-state index contributed by atoms with van der Waals surface area (Å²) in [5.41, 5.74) is 0.872. The summed E-state index contributed by atoms with van der Waals surface area (Å²) in [6.45, 7) is 4.15. The van der Waals surface area contributed by atoms with Crippen LogP contribution in [0.3, 0.4) is 0 Å². The number of hydrogen-bond acceptors (Lipinski definition) is 4. The summed E-state index contributed by atoms with van der Waals surface area (Å²) >= 11 is 0. The topological polar surface area (TPSA) is 47.3 Å². The Morgan fingerprint density at radius 1 is 1.28 bits per heavy atom. The second-order valence-electron chi connectivity index (χ2n) is 4.74. The van der Waals surface area contributed by atoms with E-state index in [4.69, 9.17) is 5.26 Å². The largest absolute Gasteiger partial charge is 0.308 e. The maximum Gasteiger partial charge on any atom is 0.179 e. The number of hydrogen-bond donors (Lipinski definition) is 0. The molecule has 18 heavy (non-hydrogen) atoms. The summed E-state index contributed by atoms with van der Waals surface area (Å²) in [4.78, 5) is 16.0. The average molecular weight is 245 g/mol. The van der Waals surface area contributed by atoms with E-state index in [1.807, 2.05) is 12.2 Å². The van der Waals surface area contributed by atoms with Gasteiger partial charge in [0.1, 0.15) is 0 Å². The first-order valence-corrected chi connectivity index (χ1v) is 6.56. The molecule has 1 saturated heterocycles. The highest BCUT2D eigenvalue weighted by atomic mass is 16.1. The lowest BCUT2D eigenvalue weighted by Gasteiger charge is -2.31. The highest BCUT2D eigenvalue weighted by molar-refractivity contribution is 5.98. The standard InChI is InChI=1S/C14H19N3O/c15-12-17-10-8-16(9-11-17)7-6-14(18)13-4-2-1-3-5-13/h2,4-5H,1,3,6-11H2. The van der Waals surface area contributed by atoms with Crippen LogP contribution in [0.5, 0.6) is 0 Å². The highest BCUT2D eigenvalue weighted by Crippen LogP contribution is 2.12. The predicted octanol–water partition coefficient (Wildman–Crippen LogP) is 1.32. The van der Waals surface area contributed by atoms with Gasteiger partial charge in [-0.15, -0.1) is 0 Å². The van der Waals surface area contributed by atoms with E-state index in [0.717, 1.165) is 51.1 Å². The zero-order valence-corrected chi connectivity index (χ0v) is 10.6. The monoisotopic (exact) mass is 245 g/mol. The molecule has 0 aromatic carbocycles. The highest BCUT2D eigenvalue weighted by Gasteiger charge is 2.17. The fraction of sp³-hybridized carbons (Fsp3) is 0.571. The van der Waals surface area contributed by atoms with Crippen molar-refractivity contribution in [3.63, 3.8) is 0 Å². The van der Waals surface area contributed by atoms with Crippen molar-refractivity contribution in [3.05, 3.63) is 23.8 Å². The van der Waals surface area contributed by atoms with Crippen molar-refractivity contribution in [2.24, 2.45) is 0 Å². The molecule has 1 aliphatic carbocycles. The Hall–Kier alpha value is -1.60. The molecule has 0 aromatic heterocycles. The van der Waals surface area contributed by atoms with Crippen molar-refractivity contribution in [1.82, 2.24) is 9.80 Å². The summed E-state index contributed by atoms with van der Waals surface area (Å²) < 4.78 is 0. The summed E-state index contributed by atoms with van der Waals surface area (Å²) in [5, 5.41) is 8.75. The van der Waals surface area contributed by atoms with Gasteiger partial charge in [0.2, 0.25) is 0 Å². The number of rotatable bonds is 4. The number of allylic oxidation sites excluding steroid dienone is 4. The van der Waals surface area contributed by atoms with Crippen LogP contribution in [0.15, 0.2) is 23.8 Å². The van der Waals surface area contributed by atoms with E-state index in [1.165, 1.54) is 0 Å². The molecule has 4 heteroatoms. The van der Waals surface area contributed by atoms with E-state index < -0.39 is 0 Å². The maximum atomic E-state index is 12.0. The van der Waals surface area contributed by atoms with Gasteiger partial charge in [0.05, 0.1) is 0 Å². The molecule has 2 rings (SSSR count). The fourth-order valence-electron chi connectivity index (χ4n) is 2.30. The van der Waals surface area contributed by atoms with E-state index in [-0.39, 0.29) is 5.78 Å². The second kappa shape index (κ2) is 6.36. The van der Waals surface area contributed by atoms with Crippen LogP contribution in [-0.4, -0.2) is 48.3 Å². The van der Waals surface area contributed by atoms with Gasteiger partial charge in [0.25, 0.3) is 0 Å². The smallest absolute Gasteiger partial charge is 0.179 e. The van der Waals surface area contributed by atoms with Gasteiger partial charge in [-0.2, -0.15) is 5.26 Å². The summed E-state index contributed by atoms with van der Waals surface area (Å²) in [7, 11) is 0. The molecule has 0 radical (unpaired) electrons. The zero-order chi connectivity index (χ0) is 12.8. The van der Waals surface area contributed by atoms with Gasteiger partial charge >= 0.3 is 0 Å². The Bertz CT molecular complexity index is 398. The van der Waals surface area contributed by atoms with Gasteiger partial charge in [-0.05, 0) is 12.8 Å². The van der Waals surface area contributed by atoms with E-state index in [9.17, 15) is 4.79 Å². The lowest BCUT2D eigenvalue weighted by Crippen LogP contribution is -2.44. The minimum absolute atomic E-state index is 0.244. The van der Waals surface area contributed by atoms with E-state index in [2.05, 4.69) is 17.2 Å². The molecule has 0 unspecified atom stereocenters. The first-order chi connectivity index (χ1) is 8.79. The molecule has 2 aliphatic rings. The Morgan fingerprint density at radius 3 is 2.67 bits per heavy atom. The summed E-state index contributed by atoms with van der Waals surface area (Å²) in [6, 6.07) is 0. The zero-order valence-electron chi connectivity index (χ0n) is 10.6. The normalized spacial score (nSPS) is 20.4. The van der Waals surface area contributed by atoms with Gasteiger partial charge in [-0.1, -0.05) is 18.2 Å². The van der Waals surface area contributed by atoms with Gasteiger partial charge < -0.3 is 4.90 Å². The molecule has 1 heterocycles. The van der Waals surface area contributed by atoms with Crippen LogP contribution in [0, 0.1) is 11.5 Å². The van der Waals surface area contributed by atoms with Gasteiger partial charge in [-0.25, -0.2) is 0 Å². The second-order valence-corrected chi connectivity index (χ2v) is 4.74.